The molecule has 4 rings (SSSR count). The number of benzene rings is 2. The van der Waals surface area contributed by atoms with Crippen molar-refractivity contribution in [2.24, 2.45) is 0 Å². The van der Waals surface area contributed by atoms with Crippen LogP contribution in [0.3, 0.4) is 0 Å². The third-order valence-corrected chi connectivity index (χ3v) is 6.04. The molecule has 1 N–H and O–H groups in total. The molecule has 0 spiro atoms. The Hall–Kier alpha value is -3.19. The van der Waals surface area contributed by atoms with E-state index < -0.39 is 0 Å². The van der Waals surface area contributed by atoms with Crippen LogP contribution in [0.25, 0.3) is 0 Å². The van der Waals surface area contributed by atoms with E-state index in [1.807, 2.05) is 18.2 Å². The molecular weight excluding hydrogens is 406 g/mol. The Labute approximate surface area is 188 Å². The summed E-state index contributed by atoms with van der Waals surface area (Å²) in [5, 5.41) is 2.92. The Kier molecular flexibility index (Phi) is 6.85. The zero-order valence-corrected chi connectivity index (χ0v) is 18.4. The molecule has 1 unspecified atom stereocenters. The predicted molar refractivity (Wildman–Crippen MR) is 122 cm³/mol. The van der Waals surface area contributed by atoms with Gasteiger partial charge in [-0.3, -0.25) is 19.3 Å². The minimum atomic E-state index is -0.350. The van der Waals surface area contributed by atoms with Crippen LogP contribution in [-0.2, 0) is 4.74 Å². The molecule has 2 aromatic rings. The van der Waals surface area contributed by atoms with Crippen LogP contribution in [0.2, 0.25) is 0 Å². The summed E-state index contributed by atoms with van der Waals surface area (Å²) in [6.07, 6.45) is 2.49. The van der Waals surface area contributed by atoms with Crippen LogP contribution in [0.15, 0.2) is 48.5 Å². The molecule has 2 aliphatic heterocycles. The fourth-order valence-corrected chi connectivity index (χ4v) is 4.27. The smallest absolute Gasteiger partial charge is 0.261 e. The van der Waals surface area contributed by atoms with Crippen molar-refractivity contribution >= 4 is 23.4 Å². The number of imide groups is 1. The first kappa shape index (κ1) is 22.0. The molecule has 32 heavy (non-hydrogen) atoms. The van der Waals surface area contributed by atoms with Gasteiger partial charge in [0.15, 0.2) is 0 Å². The SMILES string of the molecule is CCN(CCCNC(=O)c1ccc2c(c1)C(=O)N(CC1CCCO1)C2=O)c1ccccc1. The van der Waals surface area contributed by atoms with E-state index in [-0.39, 0.29) is 30.4 Å². The van der Waals surface area contributed by atoms with Crippen molar-refractivity contribution < 1.29 is 19.1 Å². The number of ether oxygens (including phenoxy) is 1. The Bertz CT molecular complexity index is 986. The van der Waals surface area contributed by atoms with Gasteiger partial charge in [-0.1, -0.05) is 18.2 Å². The number of amides is 3. The van der Waals surface area contributed by atoms with Gasteiger partial charge in [-0.05, 0) is 56.5 Å². The van der Waals surface area contributed by atoms with Crippen molar-refractivity contribution in [3.63, 3.8) is 0 Å². The summed E-state index contributed by atoms with van der Waals surface area (Å²) in [6, 6.07) is 14.9. The van der Waals surface area contributed by atoms with E-state index in [9.17, 15) is 14.4 Å². The molecule has 7 nitrogen and oxygen atoms in total. The minimum absolute atomic E-state index is 0.0986. The lowest BCUT2D eigenvalue weighted by Crippen LogP contribution is -2.36. The molecule has 3 amide bonds. The second-order valence-electron chi connectivity index (χ2n) is 8.14. The molecule has 0 bridgehead atoms. The van der Waals surface area contributed by atoms with Crippen molar-refractivity contribution in [1.82, 2.24) is 10.2 Å². The van der Waals surface area contributed by atoms with Crippen LogP contribution in [0.4, 0.5) is 5.69 Å². The first-order valence-electron chi connectivity index (χ1n) is 11.3. The molecule has 2 aliphatic rings. The van der Waals surface area contributed by atoms with Crippen molar-refractivity contribution in [2.75, 3.05) is 37.7 Å². The zero-order chi connectivity index (χ0) is 22.5. The van der Waals surface area contributed by atoms with E-state index in [1.165, 1.54) is 11.0 Å². The summed E-state index contributed by atoms with van der Waals surface area (Å²) in [5.41, 5.74) is 2.20. The second kappa shape index (κ2) is 9.96. The Balaban J connectivity index is 1.32. The van der Waals surface area contributed by atoms with E-state index in [1.54, 1.807) is 12.1 Å². The van der Waals surface area contributed by atoms with Gasteiger partial charge < -0.3 is 15.0 Å². The number of carbonyl (C=O) groups excluding carboxylic acids is 3. The standard InChI is InChI=1S/C25H29N3O4/c1-2-27(19-8-4-3-5-9-19)14-7-13-26-23(29)18-11-12-21-22(16-18)25(31)28(24(21)30)17-20-10-6-15-32-20/h3-5,8-9,11-12,16,20H,2,6-7,10,13-15,17H2,1H3,(H,26,29). The van der Waals surface area contributed by atoms with Gasteiger partial charge in [0.1, 0.15) is 0 Å². The number of anilines is 1. The summed E-state index contributed by atoms with van der Waals surface area (Å²) in [4.78, 5) is 41.5. The van der Waals surface area contributed by atoms with E-state index in [4.69, 9.17) is 4.74 Å². The van der Waals surface area contributed by atoms with Crippen LogP contribution in [-0.4, -0.2) is 61.5 Å². The average molecular weight is 436 g/mol. The summed E-state index contributed by atoms with van der Waals surface area (Å²) in [5.74, 6) is -0.905. The summed E-state index contributed by atoms with van der Waals surface area (Å²) in [6.45, 7) is 5.29. The van der Waals surface area contributed by atoms with Crippen LogP contribution in [0, 0.1) is 0 Å². The van der Waals surface area contributed by atoms with Crippen LogP contribution in [0.1, 0.15) is 57.3 Å². The van der Waals surface area contributed by atoms with Gasteiger partial charge >= 0.3 is 0 Å². The van der Waals surface area contributed by atoms with Crippen LogP contribution >= 0.6 is 0 Å². The molecule has 1 saturated heterocycles. The number of rotatable bonds is 9. The molecular formula is C25H29N3O4. The quantitative estimate of drug-likeness (QED) is 0.484. The lowest BCUT2D eigenvalue weighted by molar-refractivity contribution is 0.0475. The Morgan fingerprint density at radius 1 is 1.12 bits per heavy atom. The number of hydrogen-bond donors (Lipinski definition) is 1. The molecule has 0 saturated carbocycles. The fourth-order valence-electron chi connectivity index (χ4n) is 4.27. The van der Waals surface area contributed by atoms with Gasteiger partial charge in [0.25, 0.3) is 17.7 Å². The number of para-hydroxylation sites is 1. The predicted octanol–water partition coefficient (Wildman–Crippen LogP) is 3.11. The first-order chi connectivity index (χ1) is 15.6. The number of fused-ring (bicyclic) bond motifs is 1. The summed E-state index contributed by atoms with van der Waals surface area (Å²) in [7, 11) is 0. The normalized spacial score (nSPS) is 17.5. The molecule has 7 heteroatoms. The monoisotopic (exact) mass is 435 g/mol. The molecule has 0 radical (unpaired) electrons. The Morgan fingerprint density at radius 3 is 2.62 bits per heavy atom. The molecule has 168 valence electrons. The fraction of sp³-hybridized carbons (Fsp3) is 0.400. The van der Waals surface area contributed by atoms with E-state index in [2.05, 4.69) is 29.3 Å². The maximum atomic E-state index is 12.8. The van der Waals surface area contributed by atoms with Crippen molar-refractivity contribution in [1.29, 1.82) is 0 Å². The molecule has 2 heterocycles. The zero-order valence-electron chi connectivity index (χ0n) is 18.4. The topological polar surface area (TPSA) is 79.0 Å². The highest BCUT2D eigenvalue weighted by Gasteiger charge is 2.37. The second-order valence-corrected chi connectivity index (χ2v) is 8.14. The van der Waals surface area contributed by atoms with Gasteiger partial charge in [-0.15, -0.1) is 0 Å². The van der Waals surface area contributed by atoms with Crippen molar-refractivity contribution in [3.05, 3.63) is 65.2 Å². The highest BCUT2D eigenvalue weighted by atomic mass is 16.5. The lowest BCUT2D eigenvalue weighted by atomic mass is 10.1. The molecule has 1 fully saturated rings. The maximum Gasteiger partial charge on any atom is 0.261 e. The number of carbonyl (C=O) groups is 3. The summed E-state index contributed by atoms with van der Waals surface area (Å²) < 4.78 is 5.57. The third kappa shape index (κ3) is 4.67. The maximum absolute atomic E-state index is 12.8. The first-order valence-corrected chi connectivity index (χ1v) is 11.3. The van der Waals surface area contributed by atoms with E-state index >= 15 is 0 Å². The number of hydrogen-bond acceptors (Lipinski definition) is 5. The Morgan fingerprint density at radius 2 is 1.91 bits per heavy atom. The highest BCUT2D eigenvalue weighted by Crippen LogP contribution is 2.26. The summed E-state index contributed by atoms with van der Waals surface area (Å²) >= 11 is 0. The van der Waals surface area contributed by atoms with Crippen molar-refractivity contribution in [3.8, 4) is 0 Å². The average Bonchev–Trinajstić information content (AvgIpc) is 3.42. The largest absolute Gasteiger partial charge is 0.376 e. The minimum Gasteiger partial charge on any atom is -0.376 e. The van der Waals surface area contributed by atoms with Crippen molar-refractivity contribution in [2.45, 2.75) is 32.3 Å². The highest BCUT2D eigenvalue weighted by molar-refractivity contribution is 6.22. The van der Waals surface area contributed by atoms with Gasteiger partial charge in [-0.25, -0.2) is 0 Å². The van der Waals surface area contributed by atoms with Gasteiger partial charge in [0.2, 0.25) is 0 Å². The number of nitrogens with zero attached hydrogens (tertiary/aromatic N) is 2. The number of nitrogens with one attached hydrogen (secondary N) is 1. The lowest BCUT2D eigenvalue weighted by Gasteiger charge is -2.23. The molecule has 0 aromatic heterocycles. The van der Waals surface area contributed by atoms with E-state index in [0.29, 0.717) is 29.8 Å². The van der Waals surface area contributed by atoms with Crippen LogP contribution < -0.4 is 10.2 Å². The van der Waals surface area contributed by atoms with Gasteiger partial charge in [0, 0.05) is 37.5 Å². The van der Waals surface area contributed by atoms with E-state index in [0.717, 1.165) is 38.0 Å². The molecule has 1 atom stereocenters. The van der Waals surface area contributed by atoms with Gasteiger partial charge in [0.05, 0.1) is 23.8 Å². The third-order valence-electron chi connectivity index (χ3n) is 6.04. The molecule has 0 aliphatic carbocycles. The van der Waals surface area contributed by atoms with Crippen LogP contribution in [0.5, 0.6) is 0 Å². The van der Waals surface area contributed by atoms with Gasteiger partial charge in [-0.2, -0.15) is 0 Å². The molecule has 2 aromatic carbocycles.